The molecule has 17 nitrogen and oxygen atoms in total. The number of methoxy groups -OCH3 is 1. The van der Waals surface area contributed by atoms with Crippen molar-refractivity contribution in [1.29, 1.82) is 5.41 Å². The van der Waals surface area contributed by atoms with Crippen molar-refractivity contribution < 1.29 is 46.5 Å². The summed E-state index contributed by atoms with van der Waals surface area (Å²) in [6.07, 6.45) is 2.44. The maximum atomic E-state index is 13.6. The number of carbonyl (C=O) groups is 3. The largest absolute Gasteiger partial charge is 0.397 e. The van der Waals surface area contributed by atoms with Crippen molar-refractivity contribution in [1.82, 2.24) is 20.4 Å². The summed E-state index contributed by atoms with van der Waals surface area (Å²) >= 11 is 6.47. The first-order chi connectivity index (χ1) is 21.7. The van der Waals surface area contributed by atoms with Crippen LogP contribution in [-0.2, 0) is 33.7 Å². The van der Waals surface area contributed by atoms with E-state index in [1.165, 1.54) is 16.8 Å². The van der Waals surface area contributed by atoms with Crippen LogP contribution in [0.15, 0.2) is 11.6 Å². The molecule has 0 aromatic heterocycles. The second-order valence-electron chi connectivity index (χ2n) is 11.5. The van der Waals surface area contributed by atoms with Crippen molar-refractivity contribution in [2.24, 2.45) is 23.5 Å². The summed E-state index contributed by atoms with van der Waals surface area (Å²) < 4.78 is 39.5. The fourth-order valence-electron chi connectivity index (χ4n) is 5.60. The molecule has 0 aromatic rings. The highest BCUT2D eigenvalue weighted by atomic mass is 35.5. The van der Waals surface area contributed by atoms with Crippen molar-refractivity contribution in [2.75, 3.05) is 40.4 Å². The molecular formula is C27H50ClN7O10S. The smallest absolute Gasteiger partial charge is 0.390 e. The van der Waals surface area contributed by atoms with Gasteiger partial charge in [0.15, 0.2) is 6.10 Å². The number of likely N-dealkylation sites (tertiary alicyclic amines) is 1. The third-order valence-corrected chi connectivity index (χ3v) is 9.24. The number of nitrogens with two attached hydrogens (primary N) is 2. The number of aliphatic hydroxyl groups is 2. The Morgan fingerprint density at radius 2 is 1.85 bits per heavy atom. The molecule has 8 unspecified atom stereocenters. The van der Waals surface area contributed by atoms with Crippen LogP contribution in [0.3, 0.4) is 0 Å². The predicted molar refractivity (Wildman–Crippen MR) is 170 cm³/mol. The van der Waals surface area contributed by atoms with Crippen molar-refractivity contribution >= 4 is 46.4 Å². The average Bonchev–Trinajstić information content (AvgIpc) is 3.63. The number of amides is 2. The number of hydrazine groups is 1. The van der Waals surface area contributed by atoms with Gasteiger partial charge in [-0.25, -0.2) is 4.18 Å². The third-order valence-electron chi connectivity index (χ3n) is 8.05. The molecule has 3 rings (SSSR count). The molecule has 0 spiro atoms. The maximum absolute atomic E-state index is 13.6. The highest BCUT2D eigenvalue weighted by molar-refractivity contribution is 7.80. The molecule has 3 aliphatic rings. The van der Waals surface area contributed by atoms with Crippen LogP contribution in [0.1, 0.15) is 39.5 Å². The number of halogens is 1. The molecule has 2 fully saturated rings. The van der Waals surface area contributed by atoms with Crippen LogP contribution in [0.5, 0.6) is 0 Å². The molecule has 1 saturated heterocycles. The van der Waals surface area contributed by atoms with Crippen molar-refractivity contribution in [3.05, 3.63) is 11.6 Å². The number of rotatable bonds is 14. The van der Waals surface area contributed by atoms with Crippen molar-refractivity contribution in [3.8, 4) is 0 Å². The number of nitrogens with zero attached hydrogens (tertiary/aromatic N) is 2. The molecule has 1 saturated carbocycles. The van der Waals surface area contributed by atoms with Gasteiger partial charge in [-0.1, -0.05) is 25.5 Å². The topological polar surface area (TPSA) is 271 Å². The van der Waals surface area contributed by atoms with Gasteiger partial charge in [-0.15, -0.1) is 11.6 Å². The number of nitrogens with one attached hydrogen (secondary N) is 3. The van der Waals surface area contributed by atoms with Gasteiger partial charge in [0, 0.05) is 26.2 Å². The zero-order chi connectivity index (χ0) is 35.2. The zero-order valence-electron chi connectivity index (χ0n) is 26.6. The number of hydrogen-bond acceptors (Lipinski definition) is 13. The molecular weight excluding hydrogens is 650 g/mol. The molecule has 1 aliphatic carbocycles. The Hall–Kier alpha value is -2.26. The lowest BCUT2D eigenvalue weighted by molar-refractivity contribution is -0.145. The number of carbonyl (C=O) groups excluding carboxylic acids is 3. The molecule has 46 heavy (non-hydrogen) atoms. The Bertz CT molecular complexity index is 1130. The minimum atomic E-state index is -4.83. The quantitative estimate of drug-likeness (QED) is 0.0144. The number of aliphatic hydroxyl groups excluding tert-OH is 2. The standard InChI is InChI=1S/C19H31ClN2O10S.C8H15N3.H4N2/c1-9(2)16(20)17(21-18(26)15(31-3)8-32-33(28,29)30)19(27)22-11(7-23)4-10-5-13(24)14(25)6-12(10)22;1-10-4-2-8-3-5-11(6-8)7-9;1-2/h7,9-17,24-25H,4-6,8H2,1-3H3,(H,21,26)(H,28,29,30);3,7,9-10H,2,4-6H2,1H3;1-2H2. The van der Waals surface area contributed by atoms with E-state index >= 15 is 0 Å². The van der Waals surface area contributed by atoms with Crippen molar-refractivity contribution in [3.63, 3.8) is 0 Å². The van der Waals surface area contributed by atoms with Gasteiger partial charge in [0.05, 0.1) is 30.0 Å². The van der Waals surface area contributed by atoms with Gasteiger partial charge in [-0.2, -0.15) is 8.42 Å². The summed E-state index contributed by atoms with van der Waals surface area (Å²) in [7, 11) is -1.76. The molecule has 2 heterocycles. The summed E-state index contributed by atoms with van der Waals surface area (Å²) in [5.74, 6) is 5.95. The minimum Gasteiger partial charge on any atom is -0.390 e. The van der Waals surface area contributed by atoms with Crippen LogP contribution < -0.4 is 22.3 Å². The van der Waals surface area contributed by atoms with Gasteiger partial charge in [0.1, 0.15) is 18.9 Å². The summed E-state index contributed by atoms with van der Waals surface area (Å²) in [6, 6.07) is -2.66. The van der Waals surface area contributed by atoms with E-state index < -0.39 is 70.6 Å². The van der Waals surface area contributed by atoms with E-state index in [0.29, 0.717) is 12.7 Å². The summed E-state index contributed by atoms with van der Waals surface area (Å²) in [5, 5.41) is 31.8. The van der Waals surface area contributed by atoms with Crippen LogP contribution in [0.25, 0.3) is 0 Å². The lowest BCUT2D eigenvalue weighted by atomic mass is 9.81. The average molecular weight is 700 g/mol. The van der Waals surface area contributed by atoms with Crippen LogP contribution in [0.4, 0.5) is 0 Å². The van der Waals surface area contributed by atoms with Gasteiger partial charge in [-0.3, -0.25) is 31.2 Å². The predicted octanol–water partition coefficient (Wildman–Crippen LogP) is -1.87. The van der Waals surface area contributed by atoms with Crippen LogP contribution in [0, 0.1) is 17.2 Å². The summed E-state index contributed by atoms with van der Waals surface area (Å²) in [4.78, 5) is 41.4. The Kier molecular flexibility index (Phi) is 18.3. The third kappa shape index (κ3) is 12.4. The molecule has 19 heteroatoms. The Morgan fingerprint density at radius 3 is 2.35 bits per heavy atom. The molecule has 0 aromatic carbocycles. The number of fused-ring (bicyclic) bond motifs is 1. The molecule has 2 aliphatic heterocycles. The fraction of sp³-hybridized carbons (Fsp3) is 0.778. The van der Waals surface area contributed by atoms with E-state index in [-0.39, 0.29) is 24.7 Å². The van der Waals surface area contributed by atoms with Crippen LogP contribution in [0.2, 0.25) is 0 Å². The summed E-state index contributed by atoms with van der Waals surface area (Å²) in [5.41, 5.74) is 1.45. The van der Waals surface area contributed by atoms with Gasteiger partial charge in [-0.05, 0) is 51.1 Å². The van der Waals surface area contributed by atoms with Crippen LogP contribution >= 0.6 is 11.6 Å². The Labute approximate surface area is 275 Å². The van der Waals surface area contributed by atoms with E-state index in [2.05, 4.69) is 32.6 Å². The molecule has 8 atom stereocenters. The second-order valence-corrected chi connectivity index (χ2v) is 13.1. The van der Waals surface area contributed by atoms with E-state index in [1.807, 2.05) is 11.9 Å². The van der Waals surface area contributed by atoms with Gasteiger partial charge >= 0.3 is 10.4 Å². The first kappa shape index (κ1) is 41.8. The normalized spacial score (nSPS) is 26.0. The first-order valence-corrected chi connectivity index (χ1v) is 16.6. The fourth-order valence-corrected chi connectivity index (χ4v) is 6.07. The summed E-state index contributed by atoms with van der Waals surface area (Å²) in [6.45, 7) is 5.52. The SMILES string of the molecule is CNCCC1=CCN(C=N)C1.COC(COS(=O)(=O)O)C(=O)NC(C(=O)N1C(C=O)CC2CC(O)C(O)CC21)C(Cl)C(C)C.NN. The lowest BCUT2D eigenvalue weighted by Crippen LogP contribution is -2.60. The Balaban J connectivity index is 0.000000679. The number of hydrogen-bond donors (Lipinski definition) is 8. The molecule has 0 bridgehead atoms. The monoisotopic (exact) mass is 699 g/mol. The lowest BCUT2D eigenvalue weighted by Gasteiger charge is -2.39. The van der Waals surface area contributed by atoms with Gasteiger partial charge < -0.3 is 40.2 Å². The molecule has 0 radical (unpaired) electrons. The van der Waals surface area contributed by atoms with E-state index in [1.54, 1.807) is 13.8 Å². The van der Waals surface area contributed by atoms with E-state index in [9.17, 15) is 33.0 Å². The minimum absolute atomic E-state index is 0.0695. The number of alkyl halides is 1. The number of aldehydes is 1. The van der Waals surface area contributed by atoms with E-state index in [4.69, 9.17) is 26.3 Å². The first-order valence-electron chi connectivity index (χ1n) is 14.8. The van der Waals surface area contributed by atoms with Crippen LogP contribution in [-0.4, -0.2) is 140 Å². The van der Waals surface area contributed by atoms with Crippen molar-refractivity contribution in [2.45, 2.75) is 81.3 Å². The van der Waals surface area contributed by atoms with Gasteiger partial charge in [0.25, 0.3) is 5.91 Å². The maximum Gasteiger partial charge on any atom is 0.397 e. The molecule has 2 amide bonds. The molecule has 10 N–H and O–H groups in total. The van der Waals surface area contributed by atoms with Gasteiger partial charge in [0.2, 0.25) is 5.91 Å². The second kappa shape index (κ2) is 20.2. The Morgan fingerprint density at radius 1 is 1.22 bits per heavy atom. The zero-order valence-corrected chi connectivity index (χ0v) is 28.2. The van der Waals surface area contributed by atoms with E-state index in [0.717, 1.165) is 33.2 Å². The number of ether oxygens (including phenoxy) is 1. The highest BCUT2D eigenvalue weighted by Crippen LogP contribution is 2.40. The molecule has 266 valence electrons. The highest BCUT2D eigenvalue weighted by Gasteiger charge is 2.51.